The zero-order chi connectivity index (χ0) is 59.6. The number of hydrogen-bond acceptors (Lipinski definition) is 4. The van der Waals surface area contributed by atoms with Gasteiger partial charge >= 0.3 is 0 Å². The average Bonchev–Trinajstić information content (AvgIpc) is 2.11. The van der Waals surface area contributed by atoms with Crippen LogP contribution in [-0.4, -0.2) is 20.4 Å². The lowest BCUT2D eigenvalue weighted by molar-refractivity contribution is 0.472. The van der Waals surface area contributed by atoms with Crippen molar-refractivity contribution in [3.05, 3.63) is 241 Å². The Balaban J connectivity index is 0.000000175. The minimum absolute atomic E-state index is 0.0331. The van der Waals surface area contributed by atoms with Crippen molar-refractivity contribution in [2.45, 2.75) is 105 Å². The zero-order valence-corrected chi connectivity index (χ0v) is 50.6. The Morgan fingerprint density at radius 2 is 0.381 bits per heavy atom. The molecular weight excluding hydrogens is 1020 g/mol. The number of aromatic hydroxyl groups is 4. The molecule has 0 aliphatic rings. The van der Waals surface area contributed by atoms with Gasteiger partial charge in [-0.05, 0) is 134 Å². The number of fused-ring (bicyclic) bond motifs is 4. The maximum absolute atomic E-state index is 12.1. The highest BCUT2D eigenvalue weighted by Gasteiger charge is 2.27. The van der Waals surface area contributed by atoms with Gasteiger partial charge in [-0.3, -0.25) is 0 Å². The monoisotopic (exact) mass is 1100 g/mol. The van der Waals surface area contributed by atoms with Crippen LogP contribution < -0.4 is 0 Å². The largest absolute Gasteiger partial charge is 0.507 e. The van der Waals surface area contributed by atoms with Crippen LogP contribution in [0, 0.1) is 0 Å². The third kappa shape index (κ3) is 10.8. The van der Waals surface area contributed by atoms with Crippen molar-refractivity contribution in [3.63, 3.8) is 0 Å². The van der Waals surface area contributed by atoms with Crippen molar-refractivity contribution < 1.29 is 20.4 Å². The van der Waals surface area contributed by atoms with Crippen molar-refractivity contribution in [1.29, 1.82) is 0 Å². The maximum Gasteiger partial charge on any atom is 0.132 e. The van der Waals surface area contributed by atoms with E-state index in [1.54, 1.807) is 0 Å². The van der Waals surface area contributed by atoms with Crippen LogP contribution in [0.4, 0.5) is 0 Å². The fourth-order valence-corrected chi connectivity index (χ4v) is 11.8. The topological polar surface area (TPSA) is 80.9 Å². The standard InChI is InChI=1S/2C40H38O2/c2*1-39(2,3)29-19-15-25(16-20-29)33-23-27-11-7-9-13-31(27)35(37(33)41)36-32-14-10-8-12-28(32)24-34(38(36)42)26-17-21-30(22-18-26)40(4,5)6/h2*7-24,41-42H,1-6H3. The van der Waals surface area contributed by atoms with E-state index in [2.05, 4.69) is 229 Å². The molecular formula is C80H76O4. The molecule has 0 aliphatic heterocycles. The van der Waals surface area contributed by atoms with Gasteiger partial charge in [0.1, 0.15) is 23.0 Å². The van der Waals surface area contributed by atoms with Crippen molar-refractivity contribution in [2.24, 2.45) is 0 Å². The summed E-state index contributed by atoms with van der Waals surface area (Å²) in [6.07, 6.45) is 0. The van der Waals surface area contributed by atoms with Gasteiger partial charge in [-0.2, -0.15) is 0 Å². The van der Waals surface area contributed by atoms with Crippen LogP contribution in [0.25, 0.3) is 110 Å². The molecule has 0 amide bonds. The Labute approximate surface area is 496 Å². The van der Waals surface area contributed by atoms with E-state index >= 15 is 0 Å². The molecule has 0 saturated heterocycles. The zero-order valence-electron chi connectivity index (χ0n) is 50.6. The number of phenols is 4. The van der Waals surface area contributed by atoms with Crippen LogP contribution in [0.1, 0.15) is 105 Å². The first-order chi connectivity index (χ1) is 39.9. The molecule has 0 fully saturated rings. The second-order valence-electron chi connectivity index (χ2n) is 26.8. The fourth-order valence-electron chi connectivity index (χ4n) is 11.8. The number of benzene rings is 12. The first-order valence-electron chi connectivity index (χ1n) is 29.3. The van der Waals surface area contributed by atoms with Crippen LogP contribution in [0.5, 0.6) is 23.0 Å². The molecule has 0 aliphatic carbocycles. The Hall–Kier alpha value is -9.12. The highest BCUT2D eigenvalue weighted by Crippen LogP contribution is 2.54. The van der Waals surface area contributed by atoms with Gasteiger partial charge in [0.15, 0.2) is 0 Å². The summed E-state index contributed by atoms with van der Waals surface area (Å²) in [6.45, 7) is 26.4. The summed E-state index contributed by atoms with van der Waals surface area (Å²) in [5.41, 5.74) is 14.4. The lowest BCUT2D eigenvalue weighted by Crippen LogP contribution is -2.10. The molecule has 4 N–H and O–H groups in total. The van der Waals surface area contributed by atoms with Crippen molar-refractivity contribution in [1.82, 2.24) is 0 Å². The highest BCUT2D eigenvalue weighted by molar-refractivity contribution is 6.15. The molecule has 0 heterocycles. The van der Waals surface area contributed by atoms with Crippen LogP contribution in [-0.2, 0) is 21.7 Å². The lowest BCUT2D eigenvalue weighted by atomic mass is 9.84. The quantitative estimate of drug-likeness (QED) is 0.134. The molecule has 12 aromatic rings. The van der Waals surface area contributed by atoms with Gasteiger partial charge in [-0.1, -0.05) is 277 Å². The first kappa shape index (κ1) is 56.7. The van der Waals surface area contributed by atoms with Gasteiger partial charge in [0.2, 0.25) is 0 Å². The van der Waals surface area contributed by atoms with Gasteiger partial charge < -0.3 is 20.4 Å². The number of phenolic OH excluding ortho intramolecular Hbond substituents is 4. The van der Waals surface area contributed by atoms with Gasteiger partial charge in [-0.25, -0.2) is 0 Å². The fraction of sp³-hybridized carbons (Fsp3) is 0.200. The van der Waals surface area contributed by atoms with E-state index in [0.29, 0.717) is 22.3 Å². The minimum atomic E-state index is 0.0331. The van der Waals surface area contributed by atoms with E-state index in [1.165, 1.54) is 22.3 Å². The van der Waals surface area contributed by atoms with Crippen molar-refractivity contribution in [3.8, 4) is 89.8 Å². The Kier molecular flexibility index (Phi) is 14.6. The number of rotatable bonds is 6. The summed E-state index contributed by atoms with van der Waals surface area (Å²) in [6, 6.07) is 74.3. The number of hydrogen-bond donors (Lipinski definition) is 4. The molecule has 0 radical (unpaired) electrons. The molecule has 0 saturated carbocycles. The van der Waals surface area contributed by atoms with E-state index in [9.17, 15) is 20.4 Å². The van der Waals surface area contributed by atoms with Crippen LogP contribution in [0.15, 0.2) is 218 Å². The van der Waals surface area contributed by atoms with Gasteiger partial charge in [0, 0.05) is 44.5 Å². The van der Waals surface area contributed by atoms with E-state index in [4.69, 9.17) is 0 Å². The lowest BCUT2D eigenvalue weighted by Gasteiger charge is -2.21. The van der Waals surface area contributed by atoms with Gasteiger partial charge in [0.25, 0.3) is 0 Å². The molecule has 0 spiro atoms. The molecule has 420 valence electrons. The Morgan fingerprint density at radius 1 is 0.214 bits per heavy atom. The summed E-state index contributed by atoms with van der Waals surface area (Å²) < 4.78 is 0. The predicted molar refractivity (Wildman–Crippen MR) is 357 cm³/mol. The summed E-state index contributed by atoms with van der Waals surface area (Å²) >= 11 is 0. The first-order valence-corrected chi connectivity index (χ1v) is 29.3. The van der Waals surface area contributed by atoms with Crippen LogP contribution in [0.2, 0.25) is 0 Å². The minimum Gasteiger partial charge on any atom is -0.507 e. The van der Waals surface area contributed by atoms with Crippen molar-refractivity contribution in [2.75, 3.05) is 0 Å². The smallest absolute Gasteiger partial charge is 0.132 e. The SMILES string of the molecule is CC(C)(C)c1ccc(-c2cc3ccccc3c(-c3c(O)c(-c4ccc(C(C)(C)C)cc4)cc4ccccc34)c2O)cc1.CC(C)(C)c1ccc(-c2cc3ccccc3c(-c3c(O)c(-c4ccc(C(C)(C)C)cc4)cc4ccccc34)c2O)cc1. The van der Waals surface area contributed by atoms with E-state index < -0.39 is 0 Å². The predicted octanol–water partition coefficient (Wildman–Crippen LogP) is 22.0. The highest BCUT2D eigenvalue weighted by atomic mass is 16.3. The summed E-state index contributed by atoms with van der Waals surface area (Å²) in [5, 5.41) is 55.9. The molecule has 0 aromatic heterocycles. The second-order valence-corrected chi connectivity index (χ2v) is 26.8. The van der Waals surface area contributed by atoms with Crippen LogP contribution in [0.3, 0.4) is 0 Å². The molecule has 0 bridgehead atoms. The van der Waals surface area contributed by atoms with E-state index in [-0.39, 0.29) is 44.7 Å². The van der Waals surface area contributed by atoms with Gasteiger partial charge in [-0.15, -0.1) is 0 Å². The van der Waals surface area contributed by atoms with E-state index in [0.717, 1.165) is 87.6 Å². The third-order valence-corrected chi connectivity index (χ3v) is 16.8. The second kappa shape index (κ2) is 21.6. The van der Waals surface area contributed by atoms with E-state index in [1.807, 2.05) is 72.8 Å². The Morgan fingerprint density at radius 3 is 0.548 bits per heavy atom. The van der Waals surface area contributed by atoms with Crippen LogP contribution >= 0.6 is 0 Å². The maximum atomic E-state index is 12.1. The average molecular weight is 1100 g/mol. The molecule has 0 unspecified atom stereocenters. The normalized spacial score (nSPS) is 12.2. The molecule has 4 nitrogen and oxygen atoms in total. The molecule has 84 heavy (non-hydrogen) atoms. The Bertz CT molecular complexity index is 3860. The third-order valence-electron chi connectivity index (χ3n) is 16.8. The molecule has 12 aromatic carbocycles. The van der Waals surface area contributed by atoms with Crippen molar-refractivity contribution >= 4 is 43.1 Å². The summed E-state index contributed by atoms with van der Waals surface area (Å²) in [5.74, 6) is 0.659. The summed E-state index contributed by atoms with van der Waals surface area (Å²) in [7, 11) is 0. The van der Waals surface area contributed by atoms with Gasteiger partial charge in [0.05, 0.1) is 0 Å². The molecule has 4 heteroatoms. The molecule has 0 atom stereocenters. The summed E-state index contributed by atoms with van der Waals surface area (Å²) in [4.78, 5) is 0. The molecule has 12 rings (SSSR count).